The number of hydrogen-bond donors (Lipinski definition) is 2. The van der Waals surface area contributed by atoms with E-state index in [1.165, 1.54) is 6.07 Å². The van der Waals surface area contributed by atoms with Gasteiger partial charge in [-0.1, -0.05) is 30.3 Å². The SMILES string of the molecule is Nc1cc([N+](=O)[O-])ccc1C(=O)O[C@@H](C(=O)NC1CC1)c1ccccc1. The van der Waals surface area contributed by atoms with Crippen LogP contribution >= 0.6 is 0 Å². The van der Waals surface area contributed by atoms with Gasteiger partial charge in [0.05, 0.1) is 16.2 Å². The first-order valence-electron chi connectivity index (χ1n) is 8.06. The number of nitrogen functional groups attached to an aromatic ring is 1. The predicted octanol–water partition coefficient (Wildman–Crippen LogP) is 2.35. The third-order valence-corrected chi connectivity index (χ3v) is 3.95. The van der Waals surface area contributed by atoms with Gasteiger partial charge in [0.1, 0.15) is 0 Å². The molecule has 1 saturated carbocycles. The van der Waals surface area contributed by atoms with Crippen LogP contribution in [0.3, 0.4) is 0 Å². The number of carbonyl (C=O) groups excluding carboxylic acids is 2. The van der Waals surface area contributed by atoms with Gasteiger partial charge < -0.3 is 15.8 Å². The molecule has 0 heterocycles. The summed E-state index contributed by atoms with van der Waals surface area (Å²) in [6.07, 6.45) is 0.673. The molecule has 2 aromatic rings. The van der Waals surface area contributed by atoms with Gasteiger partial charge in [-0.25, -0.2) is 4.79 Å². The summed E-state index contributed by atoms with van der Waals surface area (Å²) in [5.41, 5.74) is 5.92. The normalized spacial score (nSPS) is 14.3. The predicted molar refractivity (Wildman–Crippen MR) is 93.3 cm³/mol. The number of benzene rings is 2. The summed E-state index contributed by atoms with van der Waals surface area (Å²) in [6, 6.07) is 12.2. The third kappa shape index (κ3) is 3.97. The minimum absolute atomic E-state index is 0.0317. The Bertz CT molecular complexity index is 849. The van der Waals surface area contributed by atoms with Gasteiger partial charge in [-0.2, -0.15) is 0 Å². The number of rotatable bonds is 6. The van der Waals surface area contributed by atoms with Gasteiger partial charge in [0.25, 0.3) is 11.6 Å². The number of nitro groups is 1. The van der Waals surface area contributed by atoms with Crippen molar-refractivity contribution in [2.24, 2.45) is 0 Å². The number of hydrogen-bond acceptors (Lipinski definition) is 6. The lowest BCUT2D eigenvalue weighted by molar-refractivity contribution is -0.384. The highest BCUT2D eigenvalue weighted by Gasteiger charge is 2.31. The van der Waals surface area contributed by atoms with E-state index >= 15 is 0 Å². The molecule has 3 N–H and O–H groups in total. The van der Waals surface area contributed by atoms with E-state index in [-0.39, 0.29) is 23.0 Å². The second-order valence-electron chi connectivity index (χ2n) is 6.01. The maximum absolute atomic E-state index is 12.5. The Morgan fingerprint density at radius 3 is 2.46 bits per heavy atom. The van der Waals surface area contributed by atoms with E-state index in [0.717, 1.165) is 25.0 Å². The number of anilines is 1. The van der Waals surface area contributed by atoms with Crippen LogP contribution in [-0.4, -0.2) is 22.8 Å². The second-order valence-corrected chi connectivity index (χ2v) is 6.01. The molecule has 8 nitrogen and oxygen atoms in total. The zero-order valence-electron chi connectivity index (χ0n) is 13.8. The maximum Gasteiger partial charge on any atom is 0.341 e. The molecule has 0 aromatic heterocycles. The van der Waals surface area contributed by atoms with E-state index in [9.17, 15) is 19.7 Å². The van der Waals surface area contributed by atoms with Crippen molar-refractivity contribution in [3.05, 3.63) is 69.8 Å². The van der Waals surface area contributed by atoms with Crippen molar-refractivity contribution in [1.82, 2.24) is 5.32 Å². The van der Waals surface area contributed by atoms with Gasteiger partial charge in [-0.15, -0.1) is 0 Å². The Hall–Kier alpha value is -3.42. The van der Waals surface area contributed by atoms with Crippen molar-refractivity contribution in [1.29, 1.82) is 0 Å². The molecule has 0 saturated heterocycles. The smallest absolute Gasteiger partial charge is 0.341 e. The summed E-state index contributed by atoms with van der Waals surface area (Å²) in [7, 11) is 0. The number of ether oxygens (including phenoxy) is 1. The number of nitro benzene ring substituents is 1. The summed E-state index contributed by atoms with van der Waals surface area (Å²) in [5, 5.41) is 13.6. The number of nitrogens with zero attached hydrogens (tertiary/aromatic N) is 1. The van der Waals surface area contributed by atoms with Crippen LogP contribution < -0.4 is 11.1 Å². The molecule has 8 heteroatoms. The average Bonchev–Trinajstić information content (AvgIpc) is 3.43. The summed E-state index contributed by atoms with van der Waals surface area (Å²) >= 11 is 0. The molecule has 2 aromatic carbocycles. The van der Waals surface area contributed by atoms with E-state index in [2.05, 4.69) is 5.32 Å². The fourth-order valence-electron chi connectivity index (χ4n) is 2.43. The number of esters is 1. The molecule has 1 atom stereocenters. The lowest BCUT2D eigenvalue weighted by atomic mass is 10.1. The van der Waals surface area contributed by atoms with Crippen molar-refractivity contribution in [3.8, 4) is 0 Å². The van der Waals surface area contributed by atoms with Gasteiger partial charge >= 0.3 is 5.97 Å². The van der Waals surface area contributed by atoms with E-state index in [1.807, 2.05) is 0 Å². The molecule has 0 spiro atoms. The monoisotopic (exact) mass is 355 g/mol. The first kappa shape index (κ1) is 17.4. The lowest BCUT2D eigenvalue weighted by Gasteiger charge is -2.18. The molecule has 1 fully saturated rings. The number of nitrogens with one attached hydrogen (secondary N) is 1. The Labute approximate surface area is 149 Å². The lowest BCUT2D eigenvalue weighted by Crippen LogP contribution is -2.33. The molecule has 134 valence electrons. The van der Waals surface area contributed by atoms with Crippen LogP contribution in [0.4, 0.5) is 11.4 Å². The Balaban J connectivity index is 1.82. The first-order valence-corrected chi connectivity index (χ1v) is 8.06. The summed E-state index contributed by atoms with van der Waals surface area (Å²) in [4.78, 5) is 35.1. The van der Waals surface area contributed by atoms with Crippen LogP contribution in [0.5, 0.6) is 0 Å². The molecule has 0 aliphatic heterocycles. The highest BCUT2D eigenvalue weighted by Crippen LogP contribution is 2.26. The standard InChI is InChI=1S/C18H17N3O5/c19-15-10-13(21(24)25)8-9-14(15)18(23)26-16(11-4-2-1-3-5-11)17(22)20-12-6-7-12/h1-5,8-10,12,16H,6-7,19H2,(H,20,22)/t16-/m1/s1. The van der Waals surface area contributed by atoms with Gasteiger partial charge in [0.2, 0.25) is 6.10 Å². The average molecular weight is 355 g/mol. The van der Waals surface area contributed by atoms with E-state index in [1.54, 1.807) is 30.3 Å². The first-order chi connectivity index (χ1) is 12.5. The highest BCUT2D eigenvalue weighted by molar-refractivity contribution is 5.97. The molecule has 0 radical (unpaired) electrons. The zero-order chi connectivity index (χ0) is 18.7. The van der Waals surface area contributed by atoms with Gasteiger partial charge in [0.15, 0.2) is 0 Å². The third-order valence-electron chi connectivity index (χ3n) is 3.95. The zero-order valence-corrected chi connectivity index (χ0v) is 13.8. The number of amides is 1. The molecule has 1 amide bonds. The molecule has 0 unspecified atom stereocenters. The van der Waals surface area contributed by atoms with Crippen molar-refractivity contribution in [2.75, 3.05) is 5.73 Å². The second kappa shape index (κ2) is 7.22. The maximum atomic E-state index is 12.5. The van der Waals surface area contributed by atoms with Crippen LogP contribution in [-0.2, 0) is 9.53 Å². The summed E-state index contributed by atoms with van der Waals surface area (Å²) in [5.74, 6) is -1.23. The van der Waals surface area contributed by atoms with Crippen LogP contribution in [0.25, 0.3) is 0 Å². The highest BCUT2D eigenvalue weighted by atomic mass is 16.6. The number of carbonyl (C=O) groups is 2. The Morgan fingerprint density at radius 2 is 1.88 bits per heavy atom. The van der Waals surface area contributed by atoms with Crippen molar-refractivity contribution in [3.63, 3.8) is 0 Å². The molecule has 0 bridgehead atoms. The Morgan fingerprint density at radius 1 is 1.19 bits per heavy atom. The van der Waals surface area contributed by atoms with Crippen LogP contribution in [0.2, 0.25) is 0 Å². The molecule has 26 heavy (non-hydrogen) atoms. The largest absolute Gasteiger partial charge is 0.444 e. The quantitative estimate of drug-likeness (QED) is 0.355. The fourth-order valence-corrected chi connectivity index (χ4v) is 2.43. The van der Waals surface area contributed by atoms with Crippen LogP contribution in [0.1, 0.15) is 34.9 Å². The Kier molecular flexibility index (Phi) is 4.83. The minimum atomic E-state index is -1.13. The minimum Gasteiger partial charge on any atom is -0.444 e. The summed E-state index contributed by atoms with van der Waals surface area (Å²) < 4.78 is 5.39. The van der Waals surface area contributed by atoms with E-state index in [4.69, 9.17) is 10.5 Å². The van der Waals surface area contributed by atoms with Gasteiger partial charge in [-0.05, 0) is 18.9 Å². The molecule has 3 rings (SSSR count). The van der Waals surface area contributed by atoms with E-state index < -0.39 is 22.9 Å². The van der Waals surface area contributed by atoms with Crippen molar-refractivity contribution >= 4 is 23.3 Å². The molecular formula is C18H17N3O5. The molecule has 1 aliphatic carbocycles. The van der Waals surface area contributed by atoms with Crippen LogP contribution in [0, 0.1) is 10.1 Å². The van der Waals surface area contributed by atoms with E-state index in [0.29, 0.717) is 5.56 Å². The molecule has 1 aliphatic rings. The van der Waals surface area contributed by atoms with Crippen molar-refractivity contribution in [2.45, 2.75) is 25.0 Å². The fraction of sp³-hybridized carbons (Fsp3) is 0.222. The number of nitrogens with two attached hydrogens (primary N) is 1. The topological polar surface area (TPSA) is 125 Å². The van der Waals surface area contributed by atoms with Gasteiger partial charge in [0, 0.05) is 23.7 Å². The van der Waals surface area contributed by atoms with Crippen molar-refractivity contribution < 1.29 is 19.2 Å². The molecular weight excluding hydrogens is 338 g/mol. The number of non-ortho nitro benzene ring substituents is 1. The van der Waals surface area contributed by atoms with Crippen LogP contribution in [0.15, 0.2) is 48.5 Å². The van der Waals surface area contributed by atoms with Gasteiger partial charge in [-0.3, -0.25) is 14.9 Å². The summed E-state index contributed by atoms with van der Waals surface area (Å²) in [6.45, 7) is 0.